The van der Waals surface area contributed by atoms with Gasteiger partial charge in [0.15, 0.2) is 0 Å². The molecule has 0 aromatic heterocycles. The number of nitrogens with one attached hydrogen (secondary N) is 1. The number of nitrogens with zero attached hydrogens (tertiary/aromatic N) is 1. The van der Waals surface area contributed by atoms with Crippen LogP contribution < -0.4 is 5.32 Å². The standard InChI is InChI=1S/C16H26N2O/c1-5-14(6-2)11-17-16(19)18(4)12-15-10-8-7-9-13(15)3/h7-10,14H,5-6,11-12H2,1-4H3,(H,17,19). The molecule has 0 bridgehead atoms. The summed E-state index contributed by atoms with van der Waals surface area (Å²) in [4.78, 5) is 13.8. The first-order chi connectivity index (χ1) is 9.08. The van der Waals surface area contributed by atoms with Gasteiger partial charge in [-0.05, 0) is 24.0 Å². The van der Waals surface area contributed by atoms with Crippen molar-refractivity contribution in [3.8, 4) is 0 Å². The highest BCUT2D eigenvalue weighted by molar-refractivity contribution is 5.73. The first-order valence-electron chi connectivity index (χ1n) is 7.11. The van der Waals surface area contributed by atoms with Gasteiger partial charge in [0.25, 0.3) is 0 Å². The van der Waals surface area contributed by atoms with Crippen LogP contribution >= 0.6 is 0 Å². The van der Waals surface area contributed by atoms with Crippen molar-refractivity contribution in [2.24, 2.45) is 5.92 Å². The molecule has 0 aliphatic heterocycles. The van der Waals surface area contributed by atoms with E-state index in [1.807, 2.05) is 19.2 Å². The highest BCUT2D eigenvalue weighted by Crippen LogP contribution is 2.10. The van der Waals surface area contributed by atoms with Gasteiger partial charge in [0, 0.05) is 20.1 Å². The first kappa shape index (κ1) is 15.5. The van der Waals surface area contributed by atoms with E-state index in [1.54, 1.807) is 4.90 Å². The fraction of sp³-hybridized carbons (Fsp3) is 0.562. The molecule has 0 saturated carbocycles. The third kappa shape index (κ3) is 4.93. The Morgan fingerprint density at radius 1 is 1.26 bits per heavy atom. The lowest BCUT2D eigenvalue weighted by atomic mass is 10.0. The zero-order valence-corrected chi connectivity index (χ0v) is 12.6. The van der Waals surface area contributed by atoms with Crippen molar-refractivity contribution >= 4 is 6.03 Å². The summed E-state index contributed by atoms with van der Waals surface area (Å²) in [6, 6.07) is 8.19. The van der Waals surface area contributed by atoms with Crippen LogP contribution in [0.2, 0.25) is 0 Å². The van der Waals surface area contributed by atoms with Gasteiger partial charge in [-0.3, -0.25) is 0 Å². The number of rotatable bonds is 6. The van der Waals surface area contributed by atoms with Crippen LogP contribution in [0.15, 0.2) is 24.3 Å². The van der Waals surface area contributed by atoms with Crippen molar-refractivity contribution < 1.29 is 4.79 Å². The molecular weight excluding hydrogens is 236 g/mol. The molecule has 1 aromatic rings. The first-order valence-corrected chi connectivity index (χ1v) is 7.11. The summed E-state index contributed by atoms with van der Waals surface area (Å²) in [6.07, 6.45) is 2.22. The Morgan fingerprint density at radius 2 is 1.89 bits per heavy atom. The van der Waals surface area contributed by atoms with Crippen molar-refractivity contribution in [1.29, 1.82) is 0 Å². The fourth-order valence-corrected chi connectivity index (χ4v) is 2.06. The zero-order valence-electron chi connectivity index (χ0n) is 12.6. The molecule has 19 heavy (non-hydrogen) atoms. The molecule has 106 valence electrons. The molecule has 0 heterocycles. The third-order valence-corrected chi connectivity index (χ3v) is 3.71. The van der Waals surface area contributed by atoms with Gasteiger partial charge in [-0.1, -0.05) is 51.0 Å². The molecule has 0 aliphatic carbocycles. The van der Waals surface area contributed by atoms with Gasteiger partial charge in [0.05, 0.1) is 0 Å². The zero-order chi connectivity index (χ0) is 14.3. The molecule has 1 aromatic carbocycles. The summed E-state index contributed by atoms with van der Waals surface area (Å²) in [5, 5.41) is 3.01. The molecule has 3 nitrogen and oxygen atoms in total. The van der Waals surface area contributed by atoms with Gasteiger partial charge in [0.2, 0.25) is 0 Å². The smallest absolute Gasteiger partial charge is 0.317 e. The molecule has 0 saturated heterocycles. The topological polar surface area (TPSA) is 32.3 Å². The Bertz CT molecular complexity index is 399. The predicted molar refractivity (Wildman–Crippen MR) is 80.1 cm³/mol. The minimum atomic E-state index is 0.00940. The van der Waals surface area contributed by atoms with Crippen LogP contribution in [0.4, 0.5) is 4.79 Å². The van der Waals surface area contributed by atoms with Crippen molar-refractivity contribution in [1.82, 2.24) is 10.2 Å². The van der Waals surface area contributed by atoms with E-state index >= 15 is 0 Å². The second-order valence-electron chi connectivity index (χ2n) is 5.15. The number of urea groups is 1. The molecule has 1 rings (SSSR count). The maximum atomic E-state index is 12.0. The summed E-state index contributed by atoms with van der Waals surface area (Å²) in [6.45, 7) is 7.82. The summed E-state index contributed by atoms with van der Waals surface area (Å²) in [5.41, 5.74) is 2.42. The van der Waals surface area contributed by atoms with Gasteiger partial charge in [-0.15, -0.1) is 0 Å². The Balaban J connectivity index is 2.47. The Labute approximate surface area is 117 Å². The van der Waals surface area contributed by atoms with Crippen molar-refractivity contribution in [3.05, 3.63) is 35.4 Å². The molecule has 0 unspecified atom stereocenters. The Kier molecular flexibility index (Phi) is 6.40. The molecule has 1 N–H and O–H groups in total. The number of benzene rings is 1. The monoisotopic (exact) mass is 262 g/mol. The van der Waals surface area contributed by atoms with Crippen LogP contribution in [-0.4, -0.2) is 24.5 Å². The summed E-state index contributed by atoms with van der Waals surface area (Å²) >= 11 is 0. The fourth-order valence-electron chi connectivity index (χ4n) is 2.06. The van der Waals surface area contributed by atoms with Crippen LogP contribution in [0.5, 0.6) is 0 Å². The number of carbonyl (C=O) groups excluding carboxylic acids is 1. The lowest BCUT2D eigenvalue weighted by Gasteiger charge is -2.21. The highest BCUT2D eigenvalue weighted by atomic mass is 16.2. The molecule has 2 amide bonds. The third-order valence-electron chi connectivity index (χ3n) is 3.71. The molecule has 0 atom stereocenters. The second-order valence-corrected chi connectivity index (χ2v) is 5.15. The number of hydrogen-bond acceptors (Lipinski definition) is 1. The van der Waals surface area contributed by atoms with E-state index in [0.717, 1.165) is 19.4 Å². The molecule has 3 heteroatoms. The van der Waals surface area contributed by atoms with Gasteiger partial charge >= 0.3 is 6.03 Å². The number of aryl methyl sites for hydroxylation is 1. The van der Waals surface area contributed by atoms with Gasteiger partial charge in [-0.2, -0.15) is 0 Å². The Morgan fingerprint density at radius 3 is 2.47 bits per heavy atom. The normalized spacial score (nSPS) is 10.6. The second kappa shape index (κ2) is 7.82. The average molecular weight is 262 g/mol. The quantitative estimate of drug-likeness (QED) is 0.835. The van der Waals surface area contributed by atoms with Gasteiger partial charge < -0.3 is 10.2 Å². The summed E-state index contributed by atoms with van der Waals surface area (Å²) in [7, 11) is 1.84. The van der Waals surface area contributed by atoms with E-state index in [4.69, 9.17) is 0 Å². The molecule has 0 aliphatic rings. The van der Waals surface area contributed by atoms with Crippen molar-refractivity contribution in [3.63, 3.8) is 0 Å². The van der Waals surface area contributed by atoms with Crippen LogP contribution in [0.25, 0.3) is 0 Å². The lowest BCUT2D eigenvalue weighted by molar-refractivity contribution is 0.204. The largest absolute Gasteiger partial charge is 0.338 e. The van der Waals surface area contributed by atoms with E-state index in [0.29, 0.717) is 12.5 Å². The SMILES string of the molecule is CCC(CC)CNC(=O)N(C)Cc1ccccc1C. The molecule has 0 radical (unpaired) electrons. The predicted octanol–water partition coefficient (Wildman–Crippen LogP) is 3.57. The van der Waals surface area contributed by atoms with Crippen molar-refractivity contribution in [2.45, 2.75) is 40.2 Å². The molecule has 0 fully saturated rings. The molecular formula is C16H26N2O. The van der Waals surface area contributed by atoms with Crippen LogP contribution in [-0.2, 0) is 6.54 Å². The number of carbonyl (C=O) groups is 1. The average Bonchev–Trinajstić information content (AvgIpc) is 2.42. The van der Waals surface area contributed by atoms with Gasteiger partial charge in [-0.25, -0.2) is 4.79 Å². The summed E-state index contributed by atoms with van der Waals surface area (Å²) in [5.74, 6) is 0.579. The lowest BCUT2D eigenvalue weighted by Crippen LogP contribution is -2.39. The van der Waals surface area contributed by atoms with Crippen molar-refractivity contribution in [2.75, 3.05) is 13.6 Å². The van der Waals surface area contributed by atoms with E-state index in [1.165, 1.54) is 11.1 Å². The van der Waals surface area contributed by atoms with Crippen LogP contribution in [0.3, 0.4) is 0 Å². The molecule has 0 spiro atoms. The highest BCUT2D eigenvalue weighted by Gasteiger charge is 2.11. The van der Waals surface area contributed by atoms with E-state index in [-0.39, 0.29) is 6.03 Å². The van der Waals surface area contributed by atoms with E-state index < -0.39 is 0 Å². The maximum Gasteiger partial charge on any atom is 0.317 e. The van der Waals surface area contributed by atoms with Gasteiger partial charge in [0.1, 0.15) is 0 Å². The van der Waals surface area contributed by atoms with E-state index in [9.17, 15) is 4.79 Å². The minimum Gasteiger partial charge on any atom is -0.338 e. The van der Waals surface area contributed by atoms with E-state index in [2.05, 4.69) is 38.2 Å². The van der Waals surface area contributed by atoms with Crippen LogP contribution in [0, 0.1) is 12.8 Å². The number of amides is 2. The summed E-state index contributed by atoms with van der Waals surface area (Å²) < 4.78 is 0. The maximum absolute atomic E-state index is 12.0. The Hall–Kier alpha value is -1.51. The minimum absolute atomic E-state index is 0.00940. The van der Waals surface area contributed by atoms with Crippen LogP contribution in [0.1, 0.15) is 37.8 Å². The number of hydrogen-bond donors (Lipinski definition) is 1.